The molecule has 1 saturated heterocycles. The summed E-state index contributed by atoms with van der Waals surface area (Å²) in [4.78, 5) is 0. The first-order valence-electron chi connectivity index (χ1n) is 5.44. The lowest BCUT2D eigenvalue weighted by Gasteiger charge is -2.08. The third-order valence-corrected chi connectivity index (χ3v) is 3.62. The molecule has 0 amide bonds. The summed E-state index contributed by atoms with van der Waals surface area (Å²) in [6, 6.07) is 0. The number of nitrogens with one attached hydrogen (secondary N) is 1. The predicted octanol–water partition coefficient (Wildman–Crippen LogP) is 2.25. The summed E-state index contributed by atoms with van der Waals surface area (Å²) >= 11 is 1.64. The summed E-state index contributed by atoms with van der Waals surface area (Å²) < 4.78 is 5.52. The third kappa shape index (κ3) is 2.89. The smallest absolute Gasteiger partial charge is 0.205 e. The Morgan fingerprint density at radius 2 is 2.40 bits per heavy atom. The third-order valence-electron chi connectivity index (χ3n) is 2.44. The molecule has 2 heterocycles. The molecular weight excluding hydrogens is 210 g/mol. The van der Waals surface area contributed by atoms with Crippen LogP contribution in [0.3, 0.4) is 0 Å². The molecule has 1 unspecified atom stereocenters. The fourth-order valence-electron chi connectivity index (χ4n) is 1.55. The minimum Gasteiger partial charge on any atom is -0.376 e. The maximum atomic E-state index is 5.52. The molecule has 0 radical (unpaired) electrons. The van der Waals surface area contributed by atoms with Gasteiger partial charge in [-0.2, -0.15) is 0 Å². The van der Waals surface area contributed by atoms with E-state index in [1.165, 1.54) is 6.42 Å². The normalized spacial score (nSPS) is 21.1. The van der Waals surface area contributed by atoms with Gasteiger partial charge in [0.05, 0.1) is 6.10 Å². The monoisotopic (exact) mass is 227 g/mol. The van der Waals surface area contributed by atoms with E-state index in [0.29, 0.717) is 12.0 Å². The fourth-order valence-corrected chi connectivity index (χ4v) is 2.30. The first kappa shape index (κ1) is 10.8. The van der Waals surface area contributed by atoms with Crippen LogP contribution < -0.4 is 5.32 Å². The Labute approximate surface area is 94.1 Å². The lowest BCUT2D eigenvalue weighted by molar-refractivity contribution is 0.120. The summed E-state index contributed by atoms with van der Waals surface area (Å²) in [5, 5.41) is 13.5. The van der Waals surface area contributed by atoms with Crippen molar-refractivity contribution in [2.75, 3.05) is 18.5 Å². The quantitative estimate of drug-likeness (QED) is 0.857. The maximum absolute atomic E-state index is 5.52. The van der Waals surface area contributed by atoms with Crippen LogP contribution in [0.15, 0.2) is 0 Å². The molecule has 1 aliphatic heterocycles. The van der Waals surface area contributed by atoms with Gasteiger partial charge in [0.25, 0.3) is 0 Å². The number of ether oxygens (including phenoxy) is 1. The van der Waals surface area contributed by atoms with Gasteiger partial charge in [-0.15, -0.1) is 10.2 Å². The molecule has 0 spiro atoms. The standard InChI is InChI=1S/C10H17N3OS/c1-7(2)9-12-13-10(15-9)11-6-8-4-3-5-14-8/h7-8H,3-6H2,1-2H3,(H,11,13). The Balaban J connectivity index is 1.82. The fraction of sp³-hybridized carbons (Fsp3) is 0.800. The molecular formula is C10H17N3OS. The van der Waals surface area contributed by atoms with Crippen LogP contribution in [0.25, 0.3) is 0 Å². The van der Waals surface area contributed by atoms with Crippen molar-refractivity contribution in [1.82, 2.24) is 10.2 Å². The van der Waals surface area contributed by atoms with E-state index in [2.05, 4.69) is 29.4 Å². The van der Waals surface area contributed by atoms with Crippen LogP contribution in [-0.4, -0.2) is 29.5 Å². The highest BCUT2D eigenvalue weighted by molar-refractivity contribution is 7.15. The molecule has 0 aromatic carbocycles. The molecule has 1 aromatic heterocycles. The molecule has 0 saturated carbocycles. The molecule has 1 N–H and O–H groups in total. The SMILES string of the molecule is CC(C)c1nnc(NCC2CCCO2)s1. The second-order valence-corrected chi connectivity index (χ2v) is 5.13. The van der Waals surface area contributed by atoms with E-state index < -0.39 is 0 Å². The van der Waals surface area contributed by atoms with Crippen LogP contribution in [-0.2, 0) is 4.74 Å². The summed E-state index contributed by atoms with van der Waals surface area (Å²) in [5.74, 6) is 0.459. The van der Waals surface area contributed by atoms with Gasteiger partial charge in [-0.3, -0.25) is 0 Å². The minimum atomic E-state index is 0.358. The molecule has 1 aliphatic rings. The zero-order valence-electron chi connectivity index (χ0n) is 9.19. The molecule has 1 aromatic rings. The van der Waals surface area contributed by atoms with E-state index in [0.717, 1.165) is 29.7 Å². The highest BCUT2D eigenvalue weighted by Crippen LogP contribution is 2.22. The Hall–Kier alpha value is -0.680. The number of hydrogen-bond acceptors (Lipinski definition) is 5. The van der Waals surface area contributed by atoms with Gasteiger partial charge >= 0.3 is 0 Å². The van der Waals surface area contributed by atoms with Crippen LogP contribution in [0.1, 0.15) is 37.6 Å². The van der Waals surface area contributed by atoms with Crippen molar-refractivity contribution in [1.29, 1.82) is 0 Å². The summed E-state index contributed by atoms with van der Waals surface area (Å²) in [7, 11) is 0. The van der Waals surface area contributed by atoms with Crippen molar-refractivity contribution in [2.24, 2.45) is 0 Å². The Morgan fingerprint density at radius 1 is 1.53 bits per heavy atom. The van der Waals surface area contributed by atoms with Crippen molar-refractivity contribution in [3.63, 3.8) is 0 Å². The van der Waals surface area contributed by atoms with E-state index in [1.54, 1.807) is 11.3 Å². The Kier molecular flexibility index (Phi) is 3.53. The van der Waals surface area contributed by atoms with Gasteiger partial charge in [-0.05, 0) is 12.8 Å². The van der Waals surface area contributed by atoms with Gasteiger partial charge in [0.15, 0.2) is 0 Å². The molecule has 1 fully saturated rings. The van der Waals surface area contributed by atoms with Crippen molar-refractivity contribution in [3.05, 3.63) is 5.01 Å². The highest BCUT2D eigenvalue weighted by Gasteiger charge is 2.16. The second-order valence-electron chi connectivity index (χ2n) is 4.12. The van der Waals surface area contributed by atoms with Crippen LogP contribution in [0, 0.1) is 0 Å². The zero-order chi connectivity index (χ0) is 10.7. The topological polar surface area (TPSA) is 47.0 Å². The molecule has 84 valence electrons. The average Bonchev–Trinajstić information content (AvgIpc) is 2.86. The van der Waals surface area contributed by atoms with Gasteiger partial charge < -0.3 is 10.1 Å². The first-order chi connectivity index (χ1) is 7.25. The highest BCUT2D eigenvalue weighted by atomic mass is 32.1. The van der Waals surface area contributed by atoms with Gasteiger partial charge in [-0.1, -0.05) is 25.2 Å². The lowest BCUT2D eigenvalue weighted by Crippen LogP contribution is -2.18. The molecule has 4 nitrogen and oxygen atoms in total. The van der Waals surface area contributed by atoms with E-state index in [-0.39, 0.29) is 0 Å². The molecule has 5 heteroatoms. The van der Waals surface area contributed by atoms with Gasteiger partial charge in [0.1, 0.15) is 5.01 Å². The van der Waals surface area contributed by atoms with E-state index >= 15 is 0 Å². The summed E-state index contributed by atoms with van der Waals surface area (Å²) in [5.41, 5.74) is 0. The first-order valence-corrected chi connectivity index (χ1v) is 6.26. The van der Waals surface area contributed by atoms with Crippen molar-refractivity contribution >= 4 is 16.5 Å². The van der Waals surface area contributed by atoms with E-state index in [1.807, 2.05) is 0 Å². The van der Waals surface area contributed by atoms with Crippen LogP contribution in [0.4, 0.5) is 5.13 Å². The van der Waals surface area contributed by atoms with Crippen LogP contribution in [0.2, 0.25) is 0 Å². The molecule has 15 heavy (non-hydrogen) atoms. The number of anilines is 1. The predicted molar refractivity (Wildman–Crippen MR) is 61.5 cm³/mol. The number of aromatic nitrogens is 2. The van der Waals surface area contributed by atoms with Gasteiger partial charge in [0.2, 0.25) is 5.13 Å². The summed E-state index contributed by atoms with van der Waals surface area (Å²) in [6.45, 7) is 6.02. The zero-order valence-corrected chi connectivity index (χ0v) is 10.0. The molecule has 2 rings (SSSR count). The molecule has 0 bridgehead atoms. The average molecular weight is 227 g/mol. The van der Waals surface area contributed by atoms with Gasteiger partial charge in [0, 0.05) is 19.1 Å². The van der Waals surface area contributed by atoms with Crippen molar-refractivity contribution < 1.29 is 4.74 Å². The number of rotatable bonds is 4. The Bertz CT molecular complexity index is 307. The van der Waals surface area contributed by atoms with E-state index in [4.69, 9.17) is 4.74 Å². The number of hydrogen-bond donors (Lipinski definition) is 1. The second kappa shape index (κ2) is 4.90. The molecule has 1 atom stereocenters. The van der Waals surface area contributed by atoms with Crippen molar-refractivity contribution in [2.45, 2.75) is 38.7 Å². The minimum absolute atomic E-state index is 0.358. The van der Waals surface area contributed by atoms with E-state index in [9.17, 15) is 0 Å². The Morgan fingerprint density at radius 3 is 3.00 bits per heavy atom. The van der Waals surface area contributed by atoms with Gasteiger partial charge in [-0.25, -0.2) is 0 Å². The molecule has 0 aliphatic carbocycles. The van der Waals surface area contributed by atoms with Crippen molar-refractivity contribution in [3.8, 4) is 0 Å². The number of nitrogens with zero attached hydrogens (tertiary/aromatic N) is 2. The van der Waals surface area contributed by atoms with Crippen LogP contribution in [0.5, 0.6) is 0 Å². The summed E-state index contributed by atoms with van der Waals surface area (Å²) in [6.07, 6.45) is 2.69. The largest absolute Gasteiger partial charge is 0.376 e. The van der Waals surface area contributed by atoms with Crippen LogP contribution >= 0.6 is 11.3 Å². The lowest BCUT2D eigenvalue weighted by atomic mass is 10.2. The maximum Gasteiger partial charge on any atom is 0.205 e.